The number of ether oxygens (including phenoxy) is 1. The molecule has 7 nitrogen and oxygen atoms in total. The highest BCUT2D eigenvalue weighted by molar-refractivity contribution is 5.74. The van der Waals surface area contributed by atoms with E-state index in [0.29, 0.717) is 5.65 Å². The quantitative estimate of drug-likeness (QED) is 0.838. The summed E-state index contributed by atoms with van der Waals surface area (Å²) in [7, 11) is 1.29. The second-order valence-corrected chi connectivity index (χ2v) is 5.36. The summed E-state index contributed by atoms with van der Waals surface area (Å²) in [6, 6.07) is 3.83. The molecule has 1 fully saturated rings. The smallest absolute Gasteiger partial charge is 0.334 e. The molecule has 0 bridgehead atoms. The Balaban J connectivity index is 1.68. The average Bonchev–Trinajstić information content (AvgIpc) is 2.60. The molecule has 1 N–H and O–H groups in total. The van der Waals surface area contributed by atoms with Crippen LogP contribution in [-0.4, -0.2) is 52.3 Å². The number of pyridine rings is 1. The molecule has 0 radical (unpaired) electrons. The van der Waals surface area contributed by atoms with E-state index < -0.39 is 12.1 Å². The van der Waals surface area contributed by atoms with Crippen molar-refractivity contribution in [1.29, 1.82) is 0 Å². The number of aliphatic hydroxyl groups excluding tert-OH is 1. The van der Waals surface area contributed by atoms with Gasteiger partial charge in [0.1, 0.15) is 11.3 Å². The van der Waals surface area contributed by atoms with Gasteiger partial charge < -0.3 is 14.7 Å². The van der Waals surface area contributed by atoms with Crippen LogP contribution in [0.15, 0.2) is 24.5 Å². The first kappa shape index (κ1) is 14.6. The van der Waals surface area contributed by atoms with Gasteiger partial charge in [0.05, 0.1) is 7.11 Å². The normalized spacial score (nSPS) is 17.5. The zero-order valence-electron chi connectivity index (χ0n) is 12.3. The van der Waals surface area contributed by atoms with Gasteiger partial charge in [-0.2, -0.15) is 0 Å². The van der Waals surface area contributed by atoms with E-state index in [9.17, 15) is 9.90 Å². The highest BCUT2D eigenvalue weighted by Crippen LogP contribution is 2.25. The number of piperidine rings is 1. The van der Waals surface area contributed by atoms with E-state index in [0.717, 1.165) is 37.3 Å². The molecule has 2 aromatic heterocycles. The summed E-state index contributed by atoms with van der Waals surface area (Å²) in [5.41, 5.74) is 1.39. The van der Waals surface area contributed by atoms with Crippen molar-refractivity contribution < 1.29 is 14.6 Å². The SMILES string of the molecule is COC(=O)C(O)C1CCN(c2ccc3nccnc3n2)CC1. The van der Waals surface area contributed by atoms with Crippen molar-refractivity contribution in [3.8, 4) is 0 Å². The fourth-order valence-electron chi connectivity index (χ4n) is 2.78. The van der Waals surface area contributed by atoms with Gasteiger partial charge in [0.15, 0.2) is 11.8 Å². The number of fused-ring (bicyclic) bond motifs is 1. The van der Waals surface area contributed by atoms with Gasteiger partial charge in [-0.1, -0.05) is 0 Å². The maximum absolute atomic E-state index is 11.4. The summed E-state index contributed by atoms with van der Waals surface area (Å²) in [4.78, 5) is 26.5. The van der Waals surface area contributed by atoms with Gasteiger partial charge in [-0.05, 0) is 30.9 Å². The van der Waals surface area contributed by atoms with Crippen molar-refractivity contribution in [2.75, 3.05) is 25.1 Å². The van der Waals surface area contributed by atoms with Crippen LogP contribution in [0, 0.1) is 5.92 Å². The van der Waals surface area contributed by atoms with Crippen LogP contribution in [0.3, 0.4) is 0 Å². The molecule has 0 aromatic carbocycles. The summed E-state index contributed by atoms with van der Waals surface area (Å²) in [5.74, 6) is 0.223. The molecule has 0 amide bonds. The van der Waals surface area contributed by atoms with Crippen LogP contribution in [0.25, 0.3) is 11.2 Å². The Labute approximate surface area is 128 Å². The molecular formula is C15H18N4O3. The number of methoxy groups -OCH3 is 1. The molecule has 1 unspecified atom stereocenters. The molecule has 2 aromatic rings. The molecule has 1 aliphatic heterocycles. The topological polar surface area (TPSA) is 88.4 Å². The number of carbonyl (C=O) groups is 1. The molecule has 1 saturated heterocycles. The second kappa shape index (κ2) is 6.23. The van der Waals surface area contributed by atoms with Crippen LogP contribution in [0.4, 0.5) is 5.82 Å². The van der Waals surface area contributed by atoms with E-state index in [-0.39, 0.29) is 5.92 Å². The molecule has 3 heterocycles. The molecule has 1 aliphatic rings. The standard InChI is InChI=1S/C15H18N4O3/c1-22-15(21)13(20)10-4-8-19(9-5-10)12-3-2-11-14(18-12)17-7-6-16-11/h2-3,6-7,10,13,20H,4-5,8-9H2,1H3. The molecule has 0 aliphatic carbocycles. The van der Waals surface area contributed by atoms with Crippen LogP contribution in [0.5, 0.6) is 0 Å². The molecular weight excluding hydrogens is 284 g/mol. The summed E-state index contributed by atoms with van der Waals surface area (Å²) < 4.78 is 4.59. The number of anilines is 1. The molecule has 1 atom stereocenters. The third-order valence-electron chi connectivity index (χ3n) is 4.07. The molecule has 7 heteroatoms. The zero-order chi connectivity index (χ0) is 15.5. The fraction of sp³-hybridized carbons (Fsp3) is 0.467. The highest BCUT2D eigenvalue weighted by atomic mass is 16.5. The number of rotatable bonds is 3. The van der Waals surface area contributed by atoms with E-state index >= 15 is 0 Å². The fourth-order valence-corrected chi connectivity index (χ4v) is 2.78. The van der Waals surface area contributed by atoms with E-state index in [4.69, 9.17) is 0 Å². The third-order valence-corrected chi connectivity index (χ3v) is 4.07. The van der Waals surface area contributed by atoms with Gasteiger partial charge in [0.25, 0.3) is 0 Å². The van der Waals surface area contributed by atoms with E-state index in [2.05, 4.69) is 24.6 Å². The lowest BCUT2D eigenvalue weighted by molar-refractivity contribution is -0.153. The molecule has 0 spiro atoms. The lowest BCUT2D eigenvalue weighted by atomic mass is 9.91. The second-order valence-electron chi connectivity index (χ2n) is 5.36. The Morgan fingerprint density at radius 1 is 1.32 bits per heavy atom. The lowest BCUT2D eigenvalue weighted by Crippen LogP contribution is -2.41. The van der Waals surface area contributed by atoms with Gasteiger partial charge in [0.2, 0.25) is 0 Å². The van der Waals surface area contributed by atoms with Gasteiger partial charge >= 0.3 is 5.97 Å². The minimum absolute atomic E-state index is 0.0658. The van der Waals surface area contributed by atoms with Gasteiger partial charge in [-0.15, -0.1) is 0 Å². The Bertz CT molecular complexity index is 671. The Morgan fingerprint density at radius 2 is 2.05 bits per heavy atom. The zero-order valence-corrected chi connectivity index (χ0v) is 12.3. The van der Waals surface area contributed by atoms with Crippen molar-refractivity contribution in [2.24, 2.45) is 5.92 Å². The Morgan fingerprint density at radius 3 is 2.77 bits per heavy atom. The summed E-state index contributed by atoms with van der Waals surface area (Å²) in [6.07, 6.45) is 3.66. The monoisotopic (exact) mass is 302 g/mol. The molecule has 22 heavy (non-hydrogen) atoms. The number of aliphatic hydroxyl groups is 1. The van der Waals surface area contributed by atoms with E-state index in [1.165, 1.54) is 7.11 Å². The molecule has 3 rings (SSSR count). The minimum atomic E-state index is -1.04. The van der Waals surface area contributed by atoms with Crippen molar-refractivity contribution >= 4 is 23.0 Å². The van der Waals surface area contributed by atoms with Crippen LogP contribution in [0.1, 0.15) is 12.8 Å². The Kier molecular flexibility index (Phi) is 4.15. The summed E-state index contributed by atoms with van der Waals surface area (Å²) in [6.45, 7) is 1.47. The van der Waals surface area contributed by atoms with Crippen LogP contribution in [-0.2, 0) is 9.53 Å². The summed E-state index contributed by atoms with van der Waals surface area (Å²) in [5, 5.41) is 9.91. The van der Waals surface area contributed by atoms with Crippen LogP contribution >= 0.6 is 0 Å². The number of carbonyl (C=O) groups excluding carboxylic acids is 1. The Hall–Kier alpha value is -2.28. The van der Waals surface area contributed by atoms with Crippen molar-refractivity contribution in [1.82, 2.24) is 15.0 Å². The number of hydrogen-bond acceptors (Lipinski definition) is 7. The average molecular weight is 302 g/mol. The minimum Gasteiger partial charge on any atom is -0.467 e. The van der Waals surface area contributed by atoms with E-state index in [1.807, 2.05) is 12.1 Å². The summed E-state index contributed by atoms with van der Waals surface area (Å²) >= 11 is 0. The van der Waals surface area contributed by atoms with Crippen molar-refractivity contribution in [2.45, 2.75) is 18.9 Å². The molecule has 116 valence electrons. The maximum Gasteiger partial charge on any atom is 0.334 e. The third kappa shape index (κ3) is 2.85. The number of hydrogen-bond donors (Lipinski definition) is 1. The predicted molar refractivity (Wildman–Crippen MR) is 80.3 cm³/mol. The van der Waals surface area contributed by atoms with Crippen molar-refractivity contribution in [3.05, 3.63) is 24.5 Å². The maximum atomic E-state index is 11.4. The first-order valence-corrected chi connectivity index (χ1v) is 7.27. The first-order valence-electron chi connectivity index (χ1n) is 7.27. The predicted octanol–water partition coefficient (Wildman–Crippen LogP) is 0.775. The highest BCUT2D eigenvalue weighted by Gasteiger charge is 2.30. The lowest BCUT2D eigenvalue weighted by Gasteiger charge is -2.34. The van der Waals surface area contributed by atoms with Gasteiger partial charge in [-0.3, -0.25) is 4.98 Å². The number of esters is 1. The largest absolute Gasteiger partial charge is 0.467 e. The first-order chi connectivity index (χ1) is 10.7. The van der Waals surface area contributed by atoms with E-state index in [1.54, 1.807) is 12.4 Å². The molecule has 0 saturated carbocycles. The number of nitrogens with zero attached hydrogens (tertiary/aromatic N) is 4. The van der Waals surface area contributed by atoms with Gasteiger partial charge in [0, 0.05) is 25.5 Å². The van der Waals surface area contributed by atoms with Crippen molar-refractivity contribution in [3.63, 3.8) is 0 Å². The number of aromatic nitrogens is 3. The van der Waals surface area contributed by atoms with Gasteiger partial charge in [-0.25, -0.2) is 14.8 Å². The van der Waals surface area contributed by atoms with Crippen LogP contribution < -0.4 is 4.90 Å². The van der Waals surface area contributed by atoms with Crippen LogP contribution in [0.2, 0.25) is 0 Å².